The minimum absolute atomic E-state index is 0.100. The molecule has 0 aliphatic carbocycles. The first-order chi connectivity index (χ1) is 14.3. The molecule has 0 aromatic heterocycles. The predicted octanol–water partition coefficient (Wildman–Crippen LogP) is 1.12. The molecule has 0 radical (unpaired) electrons. The van der Waals surface area contributed by atoms with E-state index in [0.717, 1.165) is 0 Å². The predicted molar refractivity (Wildman–Crippen MR) is 109 cm³/mol. The number of carbonyl (C=O) groups is 3. The second-order valence-corrected chi connectivity index (χ2v) is 8.67. The normalized spacial score (nSPS) is 33.0. The first-order valence-electron chi connectivity index (χ1n) is 11.0. The molecular formula is C22H34N2O6. The van der Waals surface area contributed by atoms with Gasteiger partial charge in [0.15, 0.2) is 0 Å². The molecule has 8 heteroatoms. The highest BCUT2D eigenvalue weighted by Gasteiger charge is 2.75. The number of aliphatic hydroxyl groups excluding tert-OH is 1. The van der Waals surface area contributed by atoms with E-state index in [-0.39, 0.29) is 31.1 Å². The lowest BCUT2D eigenvalue weighted by Gasteiger charge is -2.40. The average molecular weight is 423 g/mol. The number of nitrogens with zero attached hydrogens (tertiary/aromatic N) is 2. The molecule has 3 fully saturated rings. The van der Waals surface area contributed by atoms with Gasteiger partial charge in [-0.3, -0.25) is 14.4 Å². The van der Waals surface area contributed by atoms with Gasteiger partial charge >= 0.3 is 5.97 Å². The fourth-order valence-corrected chi connectivity index (χ4v) is 5.54. The monoisotopic (exact) mass is 422 g/mol. The van der Waals surface area contributed by atoms with Crippen molar-refractivity contribution in [3.8, 4) is 0 Å². The van der Waals surface area contributed by atoms with Crippen molar-refractivity contribution in [3.63, 3.8) is 0 Å². The summed E-state index contributed by atoms with van der Waals surface area (Å²) in [6.07, 6.45) is 2.86. The molecule has 0 saturated carbocycles. The number of likely N-dealkylation sites (tertiary alicyclic amines) is 1. The Bertz CT molecular complexity index is 706. The van der Waals surface area contributed by atoms with Crippen LogP contribution in [0.5, 0.6) is 0 Å². The topological polar surface area (TPSA) is 96.4 Å². The number of hydrogen-bond donors (Lipinski definition) is 1. The van der Waals surface area contributed by atoms with E-state index >= 15 is 0 Å². The molecule has 2 unspecified atom stereocenters. The molecule has 3 rings (SSSR count). The van der Waals surface area contributed by atoms with Gasteiger partial charge < -0.3 is 24.4 Å². The number of carbonyl (C=O) groups excluding carboxylic acids is 3. The number of rotatable bonds is 9. The van der Waals surface area contributed by atoms with E-state index in [2.05, 4.69) is 6.58 Å². The van der Waals surface area contributed by atoms with E-state index in [0.29, 0.717) is 25.8 Å². The summed E-state index contributed by atoms with van der Waals surface area (Å²) in [6.45, 7) is 11.5. The Balaban J connectivity index is 2.08. The van der Waals surface area contributed by atoms with Crippen molar-refractivity contribution in [1.29, 1.82) is 0 Å². The van der Waals surface area contributed by atoms with E-state index in [1.165, 1.54) is 4.90 Å². The third-order valence-corrected chi connectivity index (χ3v) is 6.84. The molecular weight excluding hydrogens is 388 g/mol. The smallest absolute Gasteiger partial charge is 0.312 e. The summed E-state index contributed by atoms with van der Waals surface area (Å²) in [5, 5.41) is 9.98. The summed E-state index contributed by atoms with van der Waals surface area (Å²) in [4.78, 5) is 43.4. The molecule has 8 nitrogen and oxygen atoms in total. The van der Waals surface area contributed by atoms with E-state index in [1.807, 2.05) is 20.8 Å². The Morgan fingerprint density at radius 3 is 2.67 bits per heavy atom. The van der Waals surface area contributed by atoms with Crippen molar-refractivity contribution in [2.45, 2.75) is 76.8 Å². The molecule has 3 heterocycles. The molecule has 1 spiro atoms. The fraction of sp³-hybridized carbons (Fsp3) is 0.773. The molecule has 1 N–H and O–H groups in total. The second-order valence-electron chi connectivity index (χ2n) is 8.67. The molecule has 3 saturated heterocycles. The highest BCUT2D eigenvalue weighted by atomic mass is 16.6. The van der Waals surface area contributed by atoms with Gasteiger partial charge in [0.25, 0.3) is 0 Å². The van der Waals surface area contributed by atoms with Crippen molar-refractivity contribution in [2.75, 3.05) is 19.8 Å². The lowest BCUT2D eigenvalue weighted by atomic mass is 9.70. The largest absolute Gasteiger partial charge is 0.466 e. The van der Waals surface area contributed by atoms with Crippen LogP contribution in [-0.4, -0.2) is 82.3 Å². The van der Waals surface area contributed by atoms with Gasteiger partial charge in [0.05, 0.1) is 37.2 Å². The van der Waals surface area contributed by atoms with Crippen molar-refractivity contribution in [3.05, 3.63) is 12.7 Å². The Morgan fingerprint density at radius 1 is 1.43 bits per heavy atom. The molecule has 2 bridgehead atoms. The van der Waals surface area contributed by atoms with Crippen LogP contribution in [0.15, 0.2) is 12.7 Å². The molecule has 168 valence electrons. The maximum Gasteiger partial charge on any atom is 0.312 e. The third kappa shape index (κ3) is 3.24. The zero-order chi connectivity index (χ0) is 22.2. The lowest BCUT2D eigenvalue weighted by Crippen LogP contribution is -2.59. The van der Waals surface area contributed by atoms with Crippen LogP contribution in [0, 0.1) is 11.8 Å². The first kappa shape index (κ1) is 22.7. The van der Waals surface area contributed by atoms with Crippen molar-refractivity contribution in [2.24, 2.45) is 11.8 Å². The van der Waals surface area contributed by atoms with Gasteiger partial charge in [-0.25, -0.2) is 0 Å². The van der Waals surface area contributed by atoms with E-state index in [4.69, 9.17) is 9.47 Å². The van der Waals surface area contributed by atoms with Gasteiger partial charge in [0.2, 0.25) is 11.8 Å². The van der Waals surface area contributed by atoms with Gasteiger partial charge in [-0.05, 0) is 40.0 Å². The Kier molecular flexibility index (Phi) is 6.57. The molecule has 2 amide bonds. The second kappa shape index (κ2) is 8.67. The van der Waals surface area contributed by atoms with E-state index < -0.39 is 41.6 Å². The summed E-state index contributed by atoms with van der Waals surface area (Å²) >= 11 is 0. The summed E-state index contributed by atoms with van der Waals surface area (Å²) in [5.41, 5.74) is -1.06. The number of esters is 1. The van der Waals surface area contributed by atoms with Gasteiger partial charge in [0.1, 0.15) is 11.6 Å². The summed E-state index contributed by atoms with van der Waals surface area (Å²) in [7, 11) is 0. The highest BCUT2D eigenvalue weighted by molar-refractivity contribution is 5.98. The minimum atomic E-state index is -1.06. The van der Waals surface area contributed by atoms with Crippen molar-refractivity contribution < 1.29 is 29.0 Å². The molecule has 30 heavy (non-hydrogen) atoms. The molecule has 0 aromatic rings. The third-order valence-electron chi connectivity index (χ3n) is 6.84. The molecule has 0 aromatic carbocycles. The zero-order valence-electron chi connectivity index (χ0n) is 18.4. The maximum atomic E-state index is 13.8. The summed E-state index contributed by atoms with van der Waals surface area (Å²) < 4.78 is 11.6. The lowest BCUT2D eigenvalue weighted by molar-refractivity contribution is -0.156. The summed E-state index contributed by atoms with van der Waals surface area (Å²) in [5.74, 6) is -2.44. The maximum absolute atomic E-state index is 13.8. The number of hydrogen-bond acceptors (Lipinski definition) is 6. The molecule has 3 aliphatic rings. The first-order valence-corrected chi connectivity index (χ1v) is 11.0. The molecule has 3 aliphatic heterocycles. The minimum Gasteiger partial charge on any atom is -0.466 e. The summed E-state index contributed by atoms with van der Waals surface area (Å²) in [6, 6.07) is -1.50. The number of fused-ring (bicyclic) bond motifs is 1. The standard InChI is InChI=1S/C22H34N2O6/c1-6-11-23(13(4)5)20(27)18-22-10-9-15(30-22)16(21(28)29-8-3)17(22)19(26)24(18)14(7-2)12-25/h6,13-18,25H,1,7-12H2,2-5H3/t14-,15-,16+,17-,18?,22?/m0/s1. The van der Waals surface area contributed by atoms with E-state index in [9.17, 15) is 19.5 Å². The Labute approximate surface area is 178 Å². The molecule has 6 atom stereocenters. The van der Waals surface area contributed by atoms with Crippen LogP contribution in [0.2, 0.25) is 0 Å². The van der Waals surface area contributed by atoms with Crippen molar-refractivity contribution in [1.82, 2.24) is 9.80 Å². The van der Waals surface area contributed by atoms with E-state index in [1.54, 1.807) is 17.9 Å². The van der Waals surface area contributed by atoms with Crippen LogP contribution in [-0.2, 0) is 23.9 Å². The fourth-order valence-electron chi connectivity index (χ4n) is 5.54. The van der Waals surface area contributed by atoms with Crippen LogP contribution in [0.1, 0.15) is 47.0 Å². The van der Waals surface area contributed by atoms with Gasteiger partial charge in [-0.15, -0.1) is 6.58 Å². The van der Waals surface area contributed by atoms with Crippen LogP contribution in [0.4, 0.5) is 0 Å². The van der Waals surface area contributed by atoms with Gasteiger partial charge in [-0.1, -0.05) is 13.0 Å². The van der Waals surface area contributed by atoms with Crippen LogP contribution < -0.4 is 0 Å². The van der Waals surface area contributed by atoms with Crippen molar-refractivity contribution >= 4 is 17.8 Å². The van der Waals surface area contributed by atoms with Crippen LogP contribution in [0.25, 0.3) is 0 Å². The van der Waals surface area contributed by atoms with Crippen LogP contribution in [0.3, 0.4) is 0 Å². The number of aliphatic hydroxyl groups is 1. The Morgan fingerprint density at radius 2 is 2.13 bits per heavy atom. The highest BCUT2D eigenvalue weighted by Crippen LogP contribution is 2.59. The number of amides is 2. The van der Waals surface area contributed by atoms with Crippen LogP contribution >= 0.6 is 0 Å². The SMILES string of the molecule is C=CCN(C(=O)C1N([C@@H](CC)CO)C(=O)[C@@H]2[C@H](C(=O)OCC)[C@@H]3CCC12O3)C(C)C. The van der Waals surface area contributed by atoms with Gasteiger partial charge in [0, 0.05) is 12.6 Å². The number of ether oxygens (including phenoxy) is 2. The average Bonchev–Trinajstić information content (AvgIpc) is 3.34. The van der Waals surface area contributed by atoms with Gasteiger partial charge in [-0.2, -0.15) is 0 Å². The quantitative estimate of drug-likeness (QED) is 0.442. The zero-order valence-corrected chi connectivity index (χ0v) is 18.4. The Hall–Kier alpha value is -1.93.